The summed E-state index contributed by atoms with van der Waals surface area (Å²) < 4.78 is 0. The van der Waals surface area contributed by atoms with Gasteiger partial charge in [0.1, 0.15) is 5.82 Å². The van der Waals surface area contributed by atoms with Crippen LogP contribution in [0.5, 0.6) is 0 Å². The summed E-state index contributed by atoms with van der Waals surface area (Å²) in [6.45, 7) is 7.87. The average molecular weight is 275 g/mol. The first-order chi connectivity index (χ1) is 9.67. The normalized spacial score (nSPS) is 27.2. The van der Waals surface area contributed by atoms with Gasteiger partial charge < -0.3 is 10.2 Å². The molecule has 2 unspecified atom stereocenters. The summed E-state index contributed by atoms with van der Waals surface area (Å²) in [6.07, 6.45) is 4.06. The van der Waals surface area contributed by atoms with Crippen molar-refractivity contribution in [2.24, 2.45) is 0 Å². The lowest BCUT2D eigenvalue weighted by atomic mass is 9.97. The molecule has 5 nitrogen and oxygen atoms in total. The van der Waals surface area contributed by atoms with E-state index in [1.54, 1.807) is 0 Å². The van der Waals surface area contributed by atoms with Crippen LogP contribution in [-0.2, 0) is 0 Å². The fraction of sp³-hybridized carbons (Fsp3) is 0.733. The van der Waals surface area contributed by atoms with Crippen molar-refractivity contribution in [3.05, 3.63) is 11.8 Å². The van der Waals surface area contributed by atoms with Gasteiger partial charge in [-0.25, -0.2) is 4.98 Å². The smallest absolute Gasteiger partial charge is 0.224 e. The van der Waals surface area contributed by atoms with E-state index in [4.69, 9.17) is 0 Å². The molecule has 3 heterocycles. The highest BCUT2D eigenvalue weighted by molar-refractivity contribution is 5.46. The Kier molecular flexibility index (Phi) is 3.78. The van der Waals surface area contributed by atoms with Gasteiger partial charge in [0.25, 0.3) is 0 Å². The van der Waals surface area contributed by atoms with Gasteiger partial charge in [-0.2, -0.15) is 4.98 Å². The molecular weight excluding hydrogens is 250 g/mol. The summed E-state index contributed by atoms with van der Waals surface area (Å²) in [6, 6.07) is 3.33. The lowest BCUT2D eigenvalue weighted by molar-refractivity contribution is 0.115. The van der Waals surface area contributed by atoms with E-state index in [0.29, 0.717) is 12.1 Å². The molecule has 1 aromatic rings. The minimum absolute atomic E-state index is 0.517. The van der Waals surface area contributed by atoms with E-state index in [9.17, 15) is 0 Å². The molecule has 5 heteroatoms. The number of hydrogen-bond acceptors (Lipinski definition) is 5. The van der Waals surface area contributed by atoms with Crippen LogP contribution in [0.1, 0.15) is 31.9 Å². The second-order valence-electron chi connectivity index (χ2n) is 6.09. The summed E-state index contributed by atoms with van der Waals surface area (Å²) >= 11 is 0. The van der Waals surface area contributed by atoms with Crippen LogP contribution in [0.4, 0.5) is 11.8 Å². The monoisotopic (exact) mass is 275 g/mol. The second-order valence-corrected chi connectivity index (χ2v) is 6.09. The van der Waals surface area contributed by atoms with Crippen molar-refractivity contribution in [1.82, 2.24) is 14.9 Å². The number of piperazine rings is 1. The molecule has 0 radical (unpaired) electrons. The van der Waals surface area contributed by atoms with Crippen LogP contribution in [0.3, 0.4) is 0 Å². The third-order valence-corrected chi connectivity index (χ3v) is 4.55. The number of fused-ring (bicyclic) bond motifs is 1. The van der Waals surface area contributed by atoms with Crippen LogP contribution in [-0.4, -0.2) is 53.6 Å². The molecule has 1 aromatic heterocycles. The Morgan fingerprint density at radius 2 is 2.10 bits per heavy atom. The molecule has 20 heavy (non-hydrogen) atoms. The fourth-order valence-corrected chi connectivity index (χ4v) is 3.48. The maximum atomic E-state index is 4.65. The predicted molar refractivity (Wildman–Crippen MR) is 82.3 cm³/mol. The highest BCUT2D eigenvalue weighted by Crippen LogP contribution is 2.27. The van der Waals surface area contributed by atoms with Crippen LogP contribution < -0.4 is 10.2 Å². The number of nitrogens with one attached hydrogen (secondary N) is 1. The Balaban J connectivity index is 1.83. The van der Waals surface area contributed by atoms with Gasteiger partial charge in [-0.05, 0) is 33.2 Å². The molecule has 2 aliphatic heterocycles. The summed E-state index contributed by atoms with van der Waals surface area (Å²) in [5.41, 5.74) is 1.03. The molecule has 3 rings (SSSR count). The molecule has 2 fully saturated rings. The first kappa shape index (κ1) is 13.6. The molecule has 2 saturated heterocycles. The minimum Gasteiger partial charge on any atom is -0.357 e. The van der Waals surface area contributed by atoms with Crippen molar-refractivity contribution in [3.8, 4) is 0 Å². The number of nitrogens with zero attached hydrogens (tertiary/aromatic N) is 4. The zero-order valence-corrected chi connectivity index (χ0v) is 12.8. The van der Waals surface area contributed by atoms with E-state index in [0.717, 1.165) is 30.5 Å². The number of piperidine rings is 1. The predicted octanol–water partition coefficient (Wildman–Crippen LogP) is 1.89. The number of aromatic nitrogens is 2. The van der Waals surface area contributed by atoms with Gasteiger partial charge in [-0.15, -0.1) is 0 Å². The molecule has 0 saturated carbocycles. The molecular formula is C15H25N5. The summed E-state index contributed by atoms with van der Waals surface area (Å²) in [5, 5.41) is 3.06. The average Bonchev–Trinajstić information content (AvgIpc) is 2.45. The molecule has 1 N–H and O–H groups in total. The van der Waals surface area contributed by atoms with Gasteiger partial charge >= 0.3 is 0 Å². The van der Waals surface area contributed by atoms with E-state index >= 15 is 0 Å². The highest BCUT2D eigenvalue weighted by Gasteiger charge is 2.33. The Morgan fingerprint density at radius 1 is 1.25 bits per heavy atom. The maximum absolute atomic E-state index is 4.65. The van der Waals surface area contributed by atoms with Crippen LogP contribution in [0, 0.1) is 6.92 Å². The standard InChI is InChI=1S/C15H25N5/c1-11-8-14(18-15(16-3)17-11)20-10-13-6-4-5-7-19(13)9-12(20)2/h8,12-13H,4-7,9-10H2,1-3H3,(H,16,17,18). The highest BCUT2D eigenvalue weighted by atomic mass is 15.3. The molecule has 2 aliphatic rings. The van der Waals surface area contributed by atoms with E-state index < -0.39 is 0 Å². The van der Waals surface area contributed by atoms with Crippen molar-refractivity contribution in [2.45, 2.75) is 45.2 Å². The van der Waals surface area contributed by atoms with Gasteiger partial charge in [0.05, 0.1) is 0 Å². The van der Waals surface area contributed by atoms with Crippen LogP contribution in [0.15, 0.2) is 6.07 Å². The topological polar surface area (TPSA) is 44.3 Å². The Bertz CT molecular complexity index is 475. The quantitative estimate of drug-likeness (QED) is 0.893. The van der Waals surface area contributed by atoms with Crippen LogP contribution >= 0.6 is 0 Å². The zero-order valence-electron chi connectivity index (χ0n) is 12.8. The van der Waals surface area contributed by atoms with Crippen molar-refractivity contribution in [3.63, 3.8) is 0 Å². The first-order valence-electron chi connectivity index (χ1n) is 7.71. The number of aryl methyl sites for hydroxylation is 1. The third kappa shape index (κ3) is 2.59. The van der Waals surface area contributed by atoms with E-state index in [2.05, 4.69) is 38.1 Å². The SMILES string of the molecule is CNc1nc(C)cc(N2CC3CCCCN3CC2C)n1. The minimum atomic E-state index is 0.517. The number of anilines is 2. The molecule has 0 bridgehead atoms. The Morgan fingerprint density at radius 3 is 2.90 bits per heavy atom. The van der Waals surface area contributed by atoms with Gasteiger partial charge in [-0.3, -0.25) is 4.90 Å². The van der Waals surface area contributed by atoms with Crippen LogP contribution in [0.25, 0.3) is 0 Å². The summed E-state index contributed by atoms with van der Waals surface area (Å²) in [7, 11) is 1.88. The third-order valence-electron chi connectivity index (χ3n) is 4.55. The van der Waals surface area contributed by atoms with E-state index in [1.165, 1.54) is 25.8 Å². The maximum Gasteiger partial charge on any atom is 0.224 e. The lowest BCUT2D eigenvalue weighted by Gasteiger charge is -2.48. The van der Waals surface area contributed by atoms with E-state index in [1.807, 2.05) is 14.0 Å². The van der Waals surface area contributed by atoms with Crippen LogP contribution in [0.2, 0.25) is 0 Å². The second kappa shape index (κ2) is 5.56. The van der Waals surface area contributed by atoms with Gasteiger partial charge in [0, 0.05) is 44.0 Å². The van der Waals surface area contributed by atoms with Gasteiger partial charge in [0.2, 0.25) is 5.95 Å². The number of rotatable bonds is 2. The molecule has 0 aromatic carbocycles. The number of hydrogen-bond donors (Lipinski definition) is 1. The first-order valence-corrected chi connectivity index (χ1v) is 7.71. The molecule has 0 amide bonds. The molecule has 0 aliphatic carbocycles. The largest absolute Gasteiger partial charge is 0.357 e. The molecule has 2 atom stereocenters. The molecule has 110 valence electrons. The van der Waals surface area contributed by atoms with Gasteiger partial charge in [0.15, 0.2) is 0 Å². The lowest BCUT2D eigenvalue weighted by Crippen LogP contribution is -2.59. The van der Waals surface area contributed by atoms with Crippen molar-refractivity contribution >= 4 is 11.8 Å². The van der Waals surface area contributed by atoms with Crippen molar-refractivity contribution in [2.75, 3.05) is 36.9 Å². The van der Waals surface area contributed by atoms with E-state index in [-0.39, 0.29) is 0 Å². The summed E-state index contributed by atoms with van der Waals surface area (Å²) in [4.78, 5) is 14.2. The van der Waals surface area contributed by atoms with Crippen molar-refractivity contribution < 1.29 is 0 Å². The van der Waals surface area contributed by atoms with Gasteiger partial charge in [-0.1, -0.05) is 6.42 Å². The summed E-state index contributed by atoms with van der Waals surface area (Å²) in [5.74, 6) is 1.79. The molecule has 0 spiro atoms. The zero-order chi connectivity index (χ0) is 14.1. The van der Waals surface area contributed by atoms with Crippen molar-refractivity contribution in [1.29, 1.82) is 0 Å². The Hall–Kier alpha value is -1.36. The Labute approximate surface area is 121 Å². The fourth-order valence-electron chi connectivity index (χ4n) is 3.48.